The number of nitrogens with zero attached hydrogens (tertiary/aromatic N) is 1. The lowest BCUT2D eigenvalue weighted by molar-refractivity contribution is -0.153. The molecule has 0 bridgehead atoms. The minimum atomic E-state index is -3.69. The van der Waals surface area contributed by atoms with Gasteiger partial charge in [-0.05, 0) is 26.0 Å². The lowest BCUT2D eigenvalue weighted by atomic mass is 9.92. The number of ether oxygens (including phenoxy) is 1. The van der Waals surface area contributed by atoms with Crippen LogP contribution in [0.2, 0.25) is 0 Å². The zero-order valence-electron chi connectivity index (χ0n) is 12.2. The van der Waals surface area contributed by atoms with Gasteiger partial charge in [-0.15, -0.1) is 6.58 Å². The summed E-state index contributed by atoms with van der Waals surface area (Å²) in [6, 6.07) is 5.75. The van der Waals surface area contributed by atoms with Crippen LogP contribution in [0.15, 0.2) is 41.8 Å². The molecule has 5 nitrogen and oxygen atoms in total. The Morgan fingerprint density at radius 1 is 1.43 bits per heavy atom. The van der Waals surface area contributed by atoms with E-state index in [-0.39, 0.29) is 24.0 Å². The highest BCUT2D eigenvalue weighted by Gasteiger charge is 2.49. The summed E-state index contributed by atoms with van der Waals surface area (Å²) in [7, 11) is -3.69. The van der Waals surface area contributed by atoms with Crippen molar-refractivity contribution in [2.24, 2.45) is 5.92 Å². The summed E-state index contributed by atoms with van der Waals surface area (Å²) in [6.45, 7) is 7.70. The van der Waals surface area contributed by atoms with Crippen molar-refractivity contribution in [3.05, 3.63) is 42.5 Å². The van der Waals surface area contributed by atoms with Crippen LogP contribution in [-0.2, 0) is 19.6 Å². The number of carbonyl (C=O) groups is 1. The number of hydrogen-bond donors (Lipinski definition) is 0. The van der Waals surface area contributed by atoms with E-state index in [1.165, 1.54) is 4.31 Å². The predicted octanol–water partition coefficient (Wildman–Crippen LogP) is 1.73. The normalized spacial score (nSPS) is 22.4. The summed E-state index contributed by atoms with van der Waals surface area (Å²) in [5, 5.41) is 0. The van der Waals surface area contributed by atoms with Crippen molar-refractivity contribution in [3.8, 4) is 0 Å². The first-order chi connectivity index (χ1) is 9.91. The number of carbonyl (C=O) groups excluding carboxylic acids is 1. The molecule has 1 fully saturated rings. The Morgan fingerprint density at radius 3 is 2.57 bits per heavy atom. The van der Waals surface area contributed by atoms with Crippen LogP contribution in [0.4, 0.5) is 0 Å². The first kappa shape index (κ1) is 15.7. The van der Waals surface area contributed by atoms with E-state index >= 15 is 0 Å². The smallest absolute Gasteiger partial charge is 0.325 e. The number of hydrogen-bond acceptors (Lipinski definition) is 4. The summed E-state index contributed by atoms with van der Waals surface area (Å²) in [5.41, 5.74) is 0.975. The van der Waals surface area contributed by atoms with Crippen molar-refractivity contribution in [2.75, 3.05) is 13.2 Å². The maximum Gasteiger partial charge on any atom is 0.325 e. The predicted molar refractivity (Wildman–Crippen MR) is 79.2 cm³/mol. The van der Waals surface area contributed by atoms with Crippen molar-refractivity contribution in [1.82, 2.24) is 4.31 Å². The number of benzene rings is 1. The van der Waals surface area contributed by atoms with Gasteiger partial charge in [0.25, 0.3) is 0 Å². The van der Waals surface area contributed by atoms with Gasteiger partial charge < -0.3 is 4.74 Å². The summed E-state index contributed by atoms with van der Waals surface area (Å²) in [4.78, 5) is 12.1. The van der Waals surface area contributed by atoms with Gasteiger partial charge in [0.2, 0.25) is 10.0 Å². The Kier molecular flexibility index (Phi) is 4.49. The monoisotopic (exact) mass is 309 g/mol. The first-order valence-corrected chi connectivity index (χ1v) is 8.23. The van der Waals surface area contributed by atoms with Gasteiger partial charge in [-0.3, -0.25) is 4.79 Å². The van der Waals surface area contributed by atoms with E-state index in [1.807, 2.05) is 6.92 Å². The molecule has 0 aliphatic carbocycles. The molecule has 0 aromatic heterocycles. The summed E-state index contributed by atoms with van der Waals surface area (Å²) in [5.74, 6) is -0.728. The molecule has 0 radical (unpaired) electrons. The molecule has 0 saturated carbocycles. The lowest BCUT2D eigenvalue weighted by Crippen LogP contribution is -2.61. The van der Waals surface area contributed by atoms with E-state index in [0.717, 1.165) is 5.56 Å². The van der Waals surface area contributed by atoms with E-state index in [1.54, 1.807) is 37.3 Å². The van der Waals surface area contributed by atoms with Crippen LogP contribution in [-0.4, -0.2) is 37.9 Å². The van der Waals surface area contributed by atoms with Crippen molar-refractivity contribution in [1.29, 1.82) is 0 Å². The molecule has 1 saturated heterocycles. The third-order valence-electron chi connectivity index (χ3n) is 3.56. The Labute approximate surface area is 125 Å². The van der Waals surface area contributed by atoms with Crippen LogP contribution in [0.1, 0.15) is 12.5 Å². The van der Waals surface area contributed by atoms with Crippen molar-refractivity contribution in [3.63, 3.8) is 0 Å². The molecule has 1 aromatic carbocycles. The quantitative estimate of drug-likeness (QED) is 0.614. The molecule has 6 heteroatoms. The summed E-state index contributed by atoms with van der Waals surface area (Å²) >= 11 is 0. The van der Waals surface area contributed by atoms with Crippen LogP contribution < -0.4 is 0 Å². The fourth-order valence-electron chi connectivity index (χ4n) is 2.31. The molecule has 0 N–H and O–H groups in total. The van der Waals surface area contributed by atoms with E-state index in [4.69, 9.17) is 4.74 Å². The molecule has 2 atom stereocenters. The van der Waals surface area contributed by atoms with Gasteiger partial charge in [-0.25, -0.2) is 8.42 Å². The standard InChI is InChI=1S/C15H19NO4S/c1-4-12-10-16(14(12)15(17)20-5-2)21(18,19)13-8-6-11(3)7-9-13/h4,6-9,12,14H,1,5,10H2,2-3H3. The summed E-state index contributed by atoms with van der Waals surface area (Å²) in [6.07, 6.45) is 1.60. The Hall–Kier alpha value is -1.66. The molecule has 0 spiro atoms. The van der Waals surface area contributed by atoms with Crippen molar-refractivity contribution in [2.45, 2.75) is 24.8 Å². The third-order valence-corrected chi connectivity index (χ3v) is 5.43. The molecule has 1 heterocycles. The fourth-order valence-corrected chi connectivity index (χ4v) is 3.97. The first-order valence-electron chi connectivity index (χ1n) is 6.79. The molecule has 1 aromatic rings. The zero-order valence-corrected chi connectivity index (χ0v) is 13.0. The van der Waals surface area contributed by atoms with E-state index in [2.05, 4.69) is 6.58 Å². The van der Waals surface area contributed by atoms with E-state index in [0.29, 0.717) is 0 Å². The maximum absolute atomic E-state index is 12.6. The van der Waals surface area contributed by atoms with Crippen LogP contribution in [0.3, 0.4) is 0 Å². The molecule has 21 heavy (non-hydrogen) atoms. The SMILES string of the molecule is C=CC1CN(S(=O)(=O)c2ccc(C)cc2)C1C(=O)OCC. The highest BCUT2D eigenvalue weighted by atomic mass is 32.2. The molecular formula is C15H19NO4S. The highest BCUT2D eigenvalue weighted by Crippen LogP contribution is 2.33. The van der Waals surface area contributed by atoms with Crippen LogP contribution in [0, 0.1) is 12.8 Å². The molecule has 2 rings (SSSR count). The summed E-state index contributed by atoms with van der Waals surface area (Å²) < 4.78 is 31.3. The molecule has 2 unspecified atom stereocenters. The van der Waals surface area contributed by atoms with Crippen LogP contribution in [0.25, 0.3) is 0 Å². The average molecular weight is 309 g/mol. The Balaban J connectivity index is 2.29. The van der Waals surface area contributed by atoms with E-state index < -0.39 is 22.0 Å². The minimum Gasteiger partial charge on any atom is -0.465 e. The van der Waals surface area contributed by atoms with Crippen LogP contribution in [0.5, 0.6) is 0 Å². The van der Waals surface area contributed by atoms with Crippen molar-refractivity contribution < 1.29 is 17.9 Å². The van der Waals surface area contributed by atoms with Gasteiger partial charge in [0.15, 0.2) is 0 Å². The van der Waals surface area contributed by atoms with Crippen molar-refractivity contribution >= 4 is 16.0 Å². The molecule has 1 aliphatic rings. The highest BCUT2D eigenvalue weighted by molar-refractivity contribution is 7.89. The van der Waals surface area contributed by atoms with Gasteiger partial charge >= 0.3 is 5.97 Å². The molecule has 114 valence electrons. The van der Waals surface area contributed by atoms with E-state index in [9.17, 15) is 13.2 Å². The number of sulfonamides is 1. The zero-order chi connectivity index (χ0) is 15.6. The second kappa shape index (κ2) is 5.99. The maximum atomic E-state index is 12.6. The minimum absolute atomic E-state index is 0.185. The lowest BCUT2D eigenvalue weighted by Gasteiger charge is -2.43. The number of rotatable bonds is 5. The Bertz CT molecular complexity index is 636. The topological polar surface area (TPSA) is 63.7 Å². The van der Waals surface area contributed by atoms with Gasteiger partial charge in [0.05, 0.1) is 11.5 Å². The number of aryl methyl sites for hydroxylation is 1. The van der Waals surface area contributed by atoms with Gasteiger partial charge in [0.1, 0.15) is 6.04 Å². The molecule has 1 aliphatic heterocycles. The third kappa shape index (κ3) is 2.87. The fraction of sp³-hybridized carbons (Fsp3) is 0.400. The second-order valence-electron chi connectivity index (χ2n) is 4.98. The van der Waals surface area contributed by atoms with Gasteiger partial charge in [0, 0.05) is 12.5 Å². The Morgan fingerprint density at radius 2 is 2.05 bits per heavy atom. The second-order valence-corrected chi connectivity index (χ2v) is 6.87. The average Bonchev–Trinajstić information content (AvgIpc) is 2.38. The van der Waals surface area contributed by atoms with Gasteiger partial charge in [-0.2, -0.15) is 4.31 Å². The van der Waals surface area contributed by atoms with Crippen LogP contribution >= 0.6 is 0 Å². The van der Waals surface area contributed by atoms with Gasteiger partial charge in [-0.1, -0.05) is 23.8 Å². The largest absolute Gasteiger partial charge is 0.465 e. The molecular weight excluding hydrogens is 290 g/mol. The molecule has 0 amide bonds. The number of esters is 1.